The maximum Gasteiger partial charge on any atom is 0.221 e. The van der Waals surface area contributed by atoms with Crippen LogP contribution in [0.2, 0.25) is 0 Å². The first-order valence-corrected chi connectivity index (χ1v) is 10.2. The summed E-state index contributed by atoms with van der Waals surface area (Å²) in [6.07, 6.45) is 0. The predicted molar refractivity (Wildman–Crippen MR) is 119 cm³/mol. The Labute approximate surface area is 179 Å². The van der Waals surface area contributed by atoms with Gasteiger partial charge < -0.3 is 20.3 Å². The number of anilines is 4. The Balaban J connectivity index is 1.94. The van der Waals surface area contributed by atoms with Crippen LogP contribution >= 0.6 is 11.8 Å². The molecule has 158 valence electrons. The molecule has 0 radical (unpaired) electrons. The van der Waals surface area contributed by atoms with Gasteiger partial charge in [-0.25, -0.2) is 9.97 Å². The highest BCUT2D eigenvalue weighted by atomic mass is 32.2. The molecule has 0 fully saturated rings. The first-order chi connectivity index (χ1) is 14.4. The highest BCUT2D eigenvalue weighted by molar-refractivity contribution is 7.99. The van der Waals surface area contributed by atoms with Gasteiger partial charge in [0.05, 0.1) is 6.61 Å². The monoisotopic (exact) mass is 427 g/mol. The summed E-state index contributed by atoms with van der Waals surface area (Å²) < 4.78 is 5.85. The first-order valence-electron chi connectivity index (χ1n) is 9.42. The maximum absolute atomic E-state index is 11.2. The minimum Gasteiger partial charge on any atom is -0.487 e. The summed E-state index contributed by atoms with van der Waals surface area (Å²) in [5, 5.41) is 13.7. The molecule has 3 aromatic rings. The summed E-state index contributed by atoms with van der Waals surface area (Å²) in [5.41, 5.74) is 1.68. The molecule has 0 atom stereocenters. The van der Waals surface area contributed by atoms with Crippen molar-refractivity contribution in [2.75, 3.05) is 36.2 Å². The Kier molecular flexibility index (Phi) is 6.78. The molecule has 0 bridgehead atoms. The molecule has 0 saturated carbocycles. The Morgan fingerprint density at radius 2 is 1.97 bits per heavy atom. The zero-order valence-electron chi connectivity index (χ0n) is 17.6. The highest BCUT2D eigenvalue weighted by Crippen LogP contribution is 2.37. The molecule has 2 aromatic heterocycles. The van der Waals surface area contributed by atoms with Crippen molar-refractivity contribution >= 4 is 40.8 Å². The van der Waals surface area contributed by atoms with Gasteiger partial charge in [0.25, 0.3) is 0 Å². The highest BCUT2D eigenvalue weighted by Gasteiger charge is 2.19. The number of aromatic amines is 1. The molecule has 0 saturated heterocycles. The van der Waals surface area contributed by atoms with Gasteiger partial charge in [-0.3, -0.25) is 9.89 Å². The fourth-order valence-corrected chi connectivity index (χ4v) is 3.40. The Bertz CT molecular complexity index is 1020. The molecular formula is C20H25N7O2S. The summed E-state index contributed by atoms with van der Waals surface area (Å²) in [4.78, 5) is 23.4. The van der Waals surface area contributed by atoms with Crippen LogP contribution in [0.4, 0.5) is 23.1 Å². The fraction of sp³-hybridized carbons (Fsp3) is 0.300. The largest absolute Gasteiger partial charge is 0.487 e. The molecule has 30 heavy (non-hydrogen) atoms. The van der Waals surface area contributed by atoms with Crippen LogP contribution in [-0.2, 0) is 4.79 Å². The molecule has 3 rings (SSSR count). The zero-order valence-corrected chi connectivity index (χ0v) is 18.4. The molecule has 0 aliphatic heterocycles. The molecule has 3 N–H and O–H groups in total. The summed E-state index contributed by atoms with van der Waals surface area (Å²) in [6, 6.07) is 9.40. The van der Waals surface area contributed by atoms with Crippen LogP contribution in [0.25, 0.3) is 0 Å². The average Bonchev–Trinajstić information content (AvgIpc) is 3.09. The van der Waals surface area contributed by atoms with Crippen molar-refractivity contribution in [2.24, 2.45) is 0 Å². The van der Waals surface area contributed by atoms with E-state index in [0.717, 1.165) is 16.3 Å². The lowest BCUT2D eigenvalue weighted by atomic mass is 10.3. The van der Waals surface area contributed by atoms with Crippen LogP contribution in [-0.4, -0.2) is 46.8 Å². The molecule has 0 unspecified atom stereocenters. The standard InChI is InChI=1S/C20H25N7O2S/c1-6-29-17-18(22-16-11-12(2)25-26-16)23-20(24-19(17)27(4)5)30-15-9-7-14(8-10-15)21-13(3)28/h7-11H,6H2,1-5H3,(H,21,28)(H2,22,23,24,25,26). The molecule has 9 nitrogen and oxygen atoms in total. The molecule has 10 heteroatoms. The molecule has 0 spiro atoms. The van der Waals surface area contributed by atoms with E-state index < -0.39 is 0 Å². The van der Waals surface area contributed by atoms with E-state index in [1.807, 2.05) is 63.2 Å². The van der Waals surface area contributed by atoms with Crippen molar-refractivity contribution in [3.8, 4) is 5.75 Å². The third-order valence-corrected chi connectivity index (χ3v) is 4.75. The van der Waals surface area contributed by atoms with Gasteiger partial charge in [0.2, 0.25) is 11.7 Å². The van der Waals surface area contributed by atoms with Crippen molar-refractivity contribution < 1.29 is 9.53 Å². The molecular weight excluding hydrogens is 402 g/mol. The van der Waals surface area contributed by atoms with Crippen LogP contribution in [0.5, 0.6) is 5.75 Å². The van der Waals surface area contributed by atoms with E-state index in [4.69, 9.17) is 4.74 Å². The smallest absolute Gasteiger partial charge is 0.221 e. The summed E-state index contributed by atoms with van der Waals surface area (Å²) in [7, 11) is 3.81. The first kappa shape index (κ1) is 21.4. The van der Waals surface area contributed by atoms with E-state index in [-0.39, 0.29) is 5.91 Å². The summed E-state index contributed by atoms with van der Waals surface area (Å²) >= 11 is 1.42. The molecule has 1 amide bonds. The lowest BCUT2D eigenvalue weighted by Crippen LogP contribution is -2.15. The SMILES string of the molecule is CCOc1c(Nc2cc(C)[nH]n2)nc(Sc2ccc(NC(C)=O)cc2)nc1N(C)C. The van der Waals surface area contributed by atoms with Gasteiger partial charge in [0.1, 0.15) is 0 Å². The minimum absolute atomic E-state index is 0.106. The van der Waals surface area contributed by atoms with Crippen molar-refractivity contribution in [3.63, 3.8) is 0 Å². The normalized spacial score (nSPS) is 10.6. The van der Waals surface area contributed by atoms with E-state index in [0.29, 0.717) is 35.0 Å². The number of H-pyrrole nitrogens is 1. The Morgan fingerprint density at radius 3 is 2.53 bits per heavy atom. The Hall–Kier alpha value is -3.27. The number of amides is 1. The summed E-state index contributed by atoms with van der Waals surface area (Å²) in [6.45, 7) is 5.81. The van der Waals surface area contributed by atoms with Gasteiger partial charge >= 0.3 is 0 Å². The number of hydrogen-bond donors (Lipinski definition) is 3. The van der Waals surface area contributed by atoms with E-state index in [9.17, 15) is 4.79 Å². The van der Waals surface area contributed by atoms with Crippen LogP contribution in [0.1, 0.15) is 19.5 Å². The van der Waals surface area contributed by atoms with Crippen LogP contribution in [0.15, 0.2) is 40.4 Å². The van der Waals surface area contributed by atoms with Gasteiger partial charge in [-0.05, 0) is 49.9 Å². The van der Waals surface area contributed by atoms with E-state index >= 15 is 0 Å². The number of benzene rings is 1. The Morgan fingerprint density at radius 1 is 1.23 bits per heavy atom. The molecule has 0 aliphatic rings. The number of nitrogens with one attached hydrogen (secondary N) is 3. The average molecular weight is 428 g/mol. The van der Waals surface area contributed by atoms with Crippen LogP contribution in [0.3, 0.4) is 0 Å². The van der Waals surface area contributed by atoms with Gasteiger partial charge in [-0.1, -0.05) is 0 Å². The van der Waals surface area contributed by atoms with E-state index in [1.54, 1.807) is 0 Å². The number of carbonyl (C=O) groups is 1. The molecule has 0 aliphatic carbocycles. The topological polar surface area (TPSA) is 108 Å². The van der Waals surface area contributed by atoms with Crippen LogP contribution < -0.4 is 20.3 Å². The van der Waals surface area contributed by atoms with E-state index in [2.05, 4.69) is 30.8 Å². The summed E-state index contributed by atoms with van der Waals surface area (Å²) in [5.74, 6) is 2.31. The number of nitrogens with zero attached hydrogens (tertiary/aromatic N) is 4. The zero-order chi connectivity index (χ0) is 21.7. The van der Waals surface area contributed by atoms with Gasteiger partial charge in [0, 0.05) is 43.4 Å². The van der Waals surface area contributed by atoms with Gasteiger partial charge in [0.15, 0.2) is 22.6 Å². The maximum atomic E-state index is 11.2. The number of hydrogen-bond acceptors (Lipinski definition) is 8. The number of aryl methyl sites for hydroxylation is 1. The second kappa shape index (κ2) is 9.49. The predicted octanol–water partition coefficient (Wildman–Crippen LogP) is 3.83. The number of ether oxygens (including phenoxy) is 1. The second-order valence-corrected chi connectivity index (χ2v) is 7.74. The number of aromatic nitrogens is 4. The van der Waals surface area contributed by atoms with Crippen LogP contribution in [0, 0.1) is 6.92 Å². The third-order valence-electron chi connectivity index (χ3n) is 3.88. The molecule has 1 aromatic carbocycles. The van der Waals surface area contributed by atoms with E-state index in [1.165, 1.54) is 18.7 Å². The number of carbonyl (C=O) groups excluding carboxylic acids is 1. The van der Waals surface area contributed by atoms with Gasteiger partial charge in [-0.2, -0.15) is 5.10 Å². The van der Waals surface area contributed by atoms with Gasteiger partial charge in [-0.15, -0.1) is 0 Å². The lowest BCUT2D eigenvalue weighted by molar-refractivity contribution is -0.114. The van der Waals surface area contributed by atoms with Crippen molar-refractivity contribution in [2.45, 2.75) is 30.8 Å². The third kappa shape index (κ3) is 5.41. The second-order valence-electron chi connectivity index (χ2n) is 6.70. The van der Waals surface area contributed by atoms with Crippen molar-refractivity contribution in [1.82, 2.24) is 20.2 Å². The number of rotatable bonds is 8. The van der Waals surface area contributed by atoms with Crippen molar-refractivity contribution in [1.29, 1.82) is 0 Å². The fourth-order valence-electron chi connectivity index (χ4n) is 2.65. The van der Waals surface area contributed by atoms with Crippen molar-refractivity contribution in [3.05, 3.63) is 36.0 Å². The minimum atomic E-state index is -0.106. The quantitative estimate of drug-likeness (QED) is 0.466. The lowest BCUT2D eigenvalue weighted by Gasteiger charge is -2.19. The molecule has 2 heterocycles.